The second-order valence-electron chi connectivity index (χ2n) is 11.5. The highest BCUT2D eigenvalue weighted by Gasteiger charge is 2.51. The van der Waals surface area contributed by atoms with Gasteiger partial charge in [0.2, 0.25) is 0 Å². The molecular formula is C32H36ClNO5. The lowest BCUT2D eigenvalue weighted by Gasteiger charge is -2.53. The van der Waals surface area contributed by atoms with E-state index in [1.165, 1.54) is 0 Å². The largest absolute Gasteiger partial charge is 0.480 e. The fourth-order valence-electron chi connectivity index (χ4n) is 7.16. The zero-order valence-corrected chi connectivity index (χ0v) is 23.2. The zero-order valence-electron chi connectivity index (χ0n) is 22.5. The molecule has 2 heterocycles. The van der Waals surface area contributed by atoms with Crippen molar-refractivity contribution >= 4 is 28.5 Å². The Hall–Kier alpha value is -2.83. The van der Waals surface area contributed by atoms with E-state index in [1.807, 2.05) is 48.2 Å². The van der Waals surface area contributed by atoms with Gasteiger partial charge >= 0.3 is 5.63 Å². The molecule has 2 aliphatic carbocycles. The summed E-state index contributed by atoms with van der Waals surface area (Å²) < 4.78 is 12.0. The summed E-state index contributed by atoms with van der Waals surface area (Å²) in [7, 11) is 0. The van der Waals surface area contributed by atoms with Gasteiger partial charge in [0.25, 0.3) is 5.91 Å². The summed E-state index contributed by atoms with van der Waals surface area (Å²) in [6.45, 7) is 2.41. The van der Waals surface area contributed by atoms with E-state index in [2.05, 4.69) is 0 Å². The Labute approximate surface area is 233 Å². The van der Waals surface area contributed by atoms with Crippen LogP contribution in [0, 0.1) is 5.92 Å². The highest BCUT2D eigenvalue weighted by Crippen LogP contribution is 2.49. The molecule has 0 bridgehead atoms. The number of hydrogen-bond acceptors (Lipinski definition) is 5. The molecule has 1 saturated carbocycles. The van der Waals surface area contributed by atoms with Gasteiger partial charge in [-0.3, -0.25) is 4.79 Å². The fourth-order valence-corrected chi connectivity index (χ4v) is 7.28. The van der Waals surface area contributed by atoms with Gasteiger partial charge in [0.1, 0.15) is 11.3 Å². The Kier molecular flexibility index (Phi) is 7.19. The van der Waals surface area contributed by atoms with Crippen molar-refractivity contribution in [3.05, 3.63) is 74.6 Å². The minimum Gasteiger partial charge on any atom is -0.480 e. The normalized spacial score (nSPS) is 25.6. The molecule has 4 atom stereocenters. The number of ether oxygens (including phenoxy) is 1. The van der Waals surface area contributed by atoms with Crippen LogP contribution in [0.5, 0.6) is 5.75 Å². The summed E-state index contributed by atoms with van der Waals surface area (Å²) in [5.74, 6) is 0.386. The second-order valence-corrected chi connectivity index (χ2v) is 11.9. The number of fused-ring (bicyclic) bond motifs is 4. The number of nitrogens with zero attached hydrogens (tertiary/aromatic N) is 1. The number of piperidine rings is 1. The third-order valence-corrected chi connectivity index (χ3v) is 9.43. The van der Waals surface area contributed by atoms with Crippen LogP contribution in [0.1, 0.15) is 81.0 Å². The molecule has 6 nitrogen and oxygen atoms in total. The highest BCUT2D eigenvalue weighted by molar-refractivity contribution is 6.30. The molecule has 1 aromatic heterocycles. The van der Waals surface area contributed by atoms with Crippen LogP contribution in [0.3, 0.4) is 0 Å². The molecule has 6 rings (SSSR count). The lowest BCUT2D eigenvalue weighted by Crippen LogP contribution is -2.58. The molecule has 0 radical (unpaired) electrons. The summed E-state index contributed by atoms with van der Waals surface area (Å²) in [4.78, 5) is 28.6. The number of rotatable bonds is 5. The van der Waals surface area contributed by atoms with E-state index in [9.17, 15) is 14.7 Å². The van der Waals surface area contributed by atoms with E-state index in [0.29, 0.717) is 35.7 Å². The minimum atomic E-state index is -0.767. The Balaban J connectivity index is 1.30. The first-order chi connectivity index (χ1) is 18.9. The zero-order chi connectivity index (χ0) is 27.1. The Morgan fingerprint density at radius 3 is 2.64 bits per heavy atom. The van der Waals surface area contributed by atoms with Crippen molar-refractivity contribution in [2.24, 2.45) is 5.92 Å². The molecule has 1 N–H and O–H groups in total. The average Bonchev–Trinajstić information content (AvgIpc) is 2.95. The maximum atomic E-state index is 14.1. The van der Waals surface area contributed by atoms with Crippen molar-refractivity contribution in [1.82, 2.24) is 4.90 Å². The predicted molar refractivity (Wildman–Crippen MR) is 151 cm³/mol. The Morgan fingerprint density at radius 1 is 1.10 bits per heavy atom. The van der Waals surface area contributed by atoms with Crippen LogP contribution in [0.4, 0.5) is 0 Å². The molecule has 7 heteroatoms. The summed E-state index contributed by atoms with van der Waals surface area (Å²) in [5, 5.41) is 13.2. The van der Waals surface area contributed by atoms with Gasteiger partial charge in [-0.05, 0) is 86.8 Å². The molecule has 2 aromatic carbocycles. The predicted octanol–water partition coefficient (Wildman–Crippen LogP) is 6.38. The third kappa shape index (κ3) is 4.87. The topological polar surface area (TPSA) is 80.0 Å². The molecule has 3 aromatic rings. The number of aryl methyl sites for hydroxylation is 1. The molecular weight excluding hydrogens is 514 g/mol. The lowest BCUT2D eigenvalue weighted by molar-refractivity contribution is -0.161. The maximum absolute atomic E-state index is 14.1. The van der Waals surface area contributed by atoms with Gasteiger partial charge in [0, 0.05) is 34.5 Å². The van der Waals surface area contributed by atoms with Gasteiger partial charge in [0.05, 0.1) is 11.6 Å². The average molecular weight is 550 g/mol. The van der Waals surface area contributed by atoms with E-state index in [4.69, 9.17) is 20.8 Å². The number of halogens is 1. The summed E-state index contributed by atoms with van der Waals surface area (Å²) in [6.07, 6.45) is 7.77. The van der Waals surface area contributed by atoms with Crippen molar-refractivity contribution in [2.75, 3.05) is 6.54 Å². The summed E-state index contributed by atoms with van der Waals surface area (Å²) in [5.41, 5.74) is 2.34. The van der Waals surface area contributed by atoms with Crippen LogP contribution in [0.15, 0.2) is 51.7 Å². The van der Waals surface area contributed by atoms with Crippen molar-refractivity contribution in [2.45, 2.75) is 88.9 Å². The van der Waals surface area contributed by atoms with E-state index in [0.717, 1.165) is 73.4 Å². The first kappa shape index (κ1) is 26.4. The molecule has 2 fully saturated rings. The van der Waals surface area contributed by atoms with Crippen molar-refractivity contribution in [3.8, 4) is 5.75 Å². The molecule has 1 aliphatic heterocycles. The molecule has 0 spiro atoms. The fraction of sp³-hybridized carbons (Fsp3) is 0.500. The van der Waals surface area contributed by atoms with E-state index >= 15 is 0 Å². The number of likely N-dealkylation sites (tertiary alicyclic amines) is 1. The van der Waals surface area contributed by atoms with Crippen LogP contribution >= 0.6 is 11.6 Å². The maximum Gasteiger partial charge on any atom is 0.339 e. The van der Waals surface area contributed by atoms with Gasteiger partial charge < -0.3 is 19.2 Å². The molecule has 3 aliphatic rings. The number of benzene rings is 2. The monoisotopic (exact) mass is 549 g/mol. The number of carbonyl (C=O) groups excluding carboxylic acids is 1. The standard InChI is InChI=1S/C32H36ClNO5/c1-2-27(38-22-14-15-24-23-7-3-4-8-25(23)31(36)39-28(24)19-22)30(35)34-18-17-32(37)16-6-5-9-26(32)29(34)20-10-12-21(33)13-11-20/h10-15,19,26-27,29,37H,2-9,16-18H2,1H3. The summed E-state index contributed by atoms with van der Waals surface area (Å²) >= 11 is 6.19. The smallest absolute Gasteiger partial charge is 0.339 e. The SMILES string of the molecule is CCC(Oc1ccc2c3c(c(=O)oc2c1)CCCC3)C(=O)N1CCC2(O)CCCCC2C1c1ccc(Cl)cc1. The number of amides is 1. The Bertz CT molecular complexity index is 1430. The quantitative estimate of drug-likeness (QED) is 0.374. The second kappa shape index (κ2) is 10.6. The van der Waals surface area contributed by atoms with Crippen LogP contribution in [0.25, 0.3) is 11.0 Å². The van der Waals surface area contributed by atoms with Crippen molar-refractivity contribution < 1.29 is 19.1 Å². The van der Waals surface area contributed by atoms with E-state index in [-0.39, 0.29) is 23.5 Å². The van der Waals surface area contributed by atoms with Gasteiger partial charge in [-0.15, -0.1) is 0 Å². The van der Waals surface area contributed by atoms with Crippen molar-refractivity contribution in [3.63, 3.8) is 0 Å². The lowest BCUT2D eigenvalue weighted by atomic mass is 9.66. The van der Waals surface area contributed by atoms with Crippen LogP contribution in [0.2, 0.25) is 5.02 Å². The number of hydrogen-bond donors (Lipinski definition) is 1. The first-order valence-electron chi connectivity index (χ1n) is 14.4. The van der Waals surface area contributed by atoms with E-state index < -0.39 is 11.7 Å². The summed E-state index contributed by atoms with van der Waals surface area (Å²) in [6, 6.07) is 13.0. The molecule has 1 amide bonds. The van der Waals surface area contributed by atoms with Crippen LogP contribution < -0.4 is 10.4 Å². The third-order valence-electron chi connectivity index (χ3n) is 9.18. The molecule has 206 valence electrons. The first-order valence-corrected chi connectivity index (χ1v) is 14.8. The van der Waals surface area contributed by atoms with Gasteiger partial charge in [-0.25, -0.2) is 4.79 Å². The molecule has 1 saturated heterocycles. The Morgan fingerprint density at radius 2 is 1.87 bits per heavy atom. The van der Waals surface area contributed by atoms with Crippen LogP contribution in [-0.2, 0) is 17.6 Å². The van der Waals surface area contributed by atoms with E-state index in [1.54, 1.807) is 6.07 Å². The van der Waals surface area contributed by atoms with Crippen LogP contribution in [-0.4, -0.2) is 34.2 Å². The molecule has 4 unspecified atom stereocenters. The van der Waals surface area contributed by atoms with Gasteiger partial charge in [0.15, 0.2) is 6.10 Å². The van der Waals surface area contributed by atoms with Gasteiger partial charge in [-0.1, -0.05) is 43.5 Å². The molecule has 39 heavy (non-hydrogen) atoms. The number of aliphatic hydroxyl groups is 1. The van der Waals surface area contributed by atoms with Crippen molar-refractivity contribution in [1.29, 1.82) is 0 Å². The minimum absolute atomic E-state index is 0.0382. The van der Waals surface area contributed by atoms with Gasteiger partial charge in [-0.2, -0.15) is 0 Å². The highest BCUT2D eigenvalue weighted by atomic mass is 35.5. The number of carbonyl (C=O) groups is 1.